The number of aromatic amines is 1. The summed E-state index contributed by atoms with van der Waals surface area (Å²) < 4.78 is 16.0. The minimum Gasteiger partial charge on any atom is -0.398 e. The molecule has 2 aromatic carbocycles. The molecule has 0 atom stereocenters. The maximum absolute atomic E-state index is 16.0. The minimum atomic E-state index is -0.343. The summed E-state index contributed by atoms with van der Waals surface area (Å²) in [4.78, 5) is 15.0. The number of piperidine rings is 1. The first-order valence-corrected chi connectivity index (χ1v) is 13.9. The number of benzene rings is 2. The first-order chi connectivity index (χ1) is 19.5. The van der Waals surface area contributed by atoms with Crippen LogP contribution in [0.2, 0.25) is 0 Å². The van der Waals surface area contributed by atoms with Gasteiger partial charge in [0, 0.05) is 73.1 Å². The fourth-order valence-electron chi connectivity index (χ4n) is 5.32. The molecule has 1 saturated heterocycles. The Hall–Kier alpha value is -4.23. The lowest BCUT2D eigenvalue weighted by molar-refractivity contribution is 0.325. The Morgan fingerprint density at radius 2 is 1.85 bits per heavy atom. The van der Waals surface area contributed by atoms with Gasteiger partial charge >= 0.3 is 0 Å². The zero-order chi connectivity index (χ0) is 27.9. The van der Waals surface area contributed by atoms with Gasteiger partial charge in [0.2, 0.25) is 0 Å². The van der Waals surface area contributed by atoms with E-state index >= 15 is 4.39 Å². The van der Waals surface area contributed by atoms with E-state index in [1.54, 1.807) is 24.4 Å². The molecule has 3 heterocycles. The molecular formula is C33H37FN6. The lowest BCUT2D eigenvalue weighted by Crippen LogP contribution is -2.28. The molecule has 1 aliphatic rings. The van der Waals surface area contributed by atoms with E-state index in [2.05, 4.69) is 38.9 Å². The number of rotatable bonds is 10. The van der Waals surface area contributed by atoms with Gasteiger partial charge in [0.15, 0.2) is 0 Å². The fourth-order valence-corrected chi connectivity index (χ4v) is 5.32. The molecule has 40 heavy (non-hydrogen) atoms. The number of halogens is 1. The van der Waals surface area contributed by atoms with Crippen LogP contribution in [0.15, 0.2) is 79.7 Å². The van der Waals surface area contributed by atoms with Crippen molar-refractivity contribution in [1.82, 2.24) is 25.2 Å². The SMILES string of the molecule is C=C/C=C(\c1nc(Cc2c(N)ccc(-c3cncc(CNCc4ccccc4)c3)c2F)[nH]c1C)N1CCCCC1. The zero-order valence-electron chi connectivity index (χ0n) is 23.1. The van der Waals surface area contributed by atoms with Crippen molar-refractivity contribution in [2.75, 3.05) is 18.8 Å². The average Bonchev–Trinajstić information content (AvgIpc) is 3.34. The number of aryl methyl sites for hydroxylation is 1. The van der Waals surface area contributed by atoms with Gasteiger partial charge < -0.3 is 20.9 Å². The Morgan fingerprint density at radius 3 is 2.62 bits per heavy atom. The number of imidazole rings is 1. The lowest BCUT2D eigenvalue weighted by atomic mass is 9.99. The third-order valence-electron chi connectivity index (χ3n) is 7.38. The van der Waals surface area contributed by atoms with E-state index in [0.717, 1.165) is 47.8 Å². The van der Waals surface area contributed by atoms with Crippen molar-refractivity contribution in [3.05, 3.63) is 119 Å². The molecule has 0 saturated carbocycles. The summed E-state index contributed by atoms with van der Waals surface area (Å²) in [5.41, 5.74) is 13.4. The molecular weight excluding hydrogens is 499 g/mol. The third-order valence-corrected chi connectivity index (χ3v) is 7.38. The molecule has 0 aliphatic carbocycles. The van der Waals surface area contributed by atoms with Crippen molar-refractivity contribution >= 4 is 11.4 Å². The van der Waals surface area contributed by atoms with Crippen molar-refractivity contribution < 1.29 is 4.39 Å². The van der Waals surface area contributed by atoms with Crippen LogP contribution in [0.4, 0.5) is 10.1 Å². The summed E-state index contributed by atoms with van der Waals surface area (Å²) in [5.74, 6) is 0.337. The van der Waals surface area contributed by atoms with Crippen LogP contribution in [0.25, 0.3) is 16.8 Å². The molecule has 4 N–H and O–H groups in total. The number of allylic oxidation sites excluding steroid dienone is 2. The maximum atomic E-state index is 16.0. The number of pyridine rings is 1. The van der Waals surface area contributed by atoms with Crippen LogP contribution >= 0.6 is 0 Å². The number of H-pyrrole nitrogens is 1. The average molecular weight is 537 g/mol. The molecule has 0 amide bonds. The van der Waals surface area contributed by atoms with Crippen molar-refractivity contribution in [2.24, 2.45) is 0 Å². The highest BCUT2D eigenvalue weighted by Crippen LogP contribution is 2.31. The zero-order valence-corrected chi connectivity index (χ0v) is 23.1. The maximum Gasteiger partial charge on any atom is 0.136 e. The second-order valence-electron chi connectivity index (χ2n) is 10.3. The first-order valence-electron chi connectivity index (χ1n) is 13.9. The summed E-state index contributed by atoms with van der Waals surface area (Å²) in [6.07, 6.45) is 11.2. The Bertz CT molecular complexity index is 1480. The molecule has 1 fully saturated rings. The van der Waals surface area contributed by atoms with Gasteiger partial charge in [0.05, 0.1) is 5.70 Å². The summed E-state index contributed by atoms with van der Waals surface area (Å²) >= 11 is 0. The highest BCUT2D eigenvalue weighted by atomic mass is 19.1. The predicted molar refractivity (Wildman–Crippen MR) is 161 cm³/mol. The van der Waals surface area contributed by atoms with Gasteiger partial charge in [0.1, 0.15) is 17.3 Å². The van der Waals surface area contributed by atoms with E-state index in [1.807, 2.05) is 43.5 Å². The van der Waals surface area contributed by atoms with Gasteiger partial charge in [-0.3, -0.25) is 4.98 Å². The van der Waals surface area contributed by atoms with Crippen LogP contribution in [0.5, 0.6) is 0 Å². The standard InChI is InChI=1S/C33H37FN6/c1-3-10-30(40-15-8-5-9-16-40)33-23(2)38-31(39-33)18-28-29(35)14-13-27(32(28)34)26-17-25(21-37-22-26)20-36-19-24-11-6-4-7-12-24/h3-4,6-7,10-14,17,21-22,36H,1,5,8-9,15-16,18-20,35H2,2H3,(H,38,39)/b30-10+. The molecule has 0 bridgehead atoms. The van der Waals surface area contributed by atoms with Gasteiger partial charge in [-0.2, -0.15) is 0 Å². The van der Waals surface area contributed by atoms with E-state index in [-0.39, 0.29) is 12.2 Å². The van der Waals surface area contributed by atoms with Crippen molar-refractivity contribution in [3.8, 4) is 11.1 Å². The molecule has 5 rings (SSSR count). The number of anilines is 1. The second kappa shape index (κ2) is 12.7. The van der Waals surface area contributed by atoms with Gasteiger partial charge in [-0.25, -0.2) is 9.37 Å². The van der Waals surface area contributed by atoms with Crippen molar-refractivity contribution in [2.45, 2.75) is 45.7 Å². The Balaban J connectivity index is 1.36. The number of hydrogen-bond acceptors (Lipinski definition) is 5. The summed E-state index contributed by atoms with van der Waals surface area (Å²) in [7, 11) is 0. The van der Waals surface area contributed by atoms with Gasteiger partial charge in [-0.05, 0) is 61.6 Å². The van der Waals surface area contributed by atoms with E-state index in [9.17, 15) is 0 Å². The first kappa shape index (κ1) is 27.3. The summed E-state index contributed by atoms with van der Waals surface area (Å²) in [6.45, 7) is 9.29. The monoisotopic (exact) mass is 536 g/mol. The number of nitrogens with zero attached hydrogens (tertiary/aromatic N) is 3. The largest absolute Gasteiger partial charge is 0.398 e. The van der Waals surface area contributed by atoms with Crippen LogP contribution in [0, 0.1) is 12.7 Å². The van der Waals surface area contributed by atoms with E-state index in [4.69, 9.17) is 10.7 Å². The summed E-state index contributed by atoms with van der Waals surface area (Å²) in [6, 6.07) is 15.7. The van der Waals surface area contributed by atoms with E-state index in [0.29, 0.717) is 29.2 Å². The third kappa shape index (κ3) is 6.32. The molecule has 1 aliphatic heterocycles. The molecule has 0 unspecified atom stereocenters. The van der Waals surface area contributed by atoms with E-state index in [1.165, 1.54) is 24.8 Å². The molecule has 7 heteroatoms. The number of aromatic nitrogens is 3. The van der Waals surface area contributed by atoms with Crippen LogP contribution in [0.3, 0.4) is 0 Å². The number of nitrogens with two attached hydrogens (primary N) is 1. The molecule has 2 aromatic heterocycles. The highest BCUT2D eigenvalue weighted by Gasteiger charge is 2.21. The predicted octanol–water partition coefficient (Wildman–Crippen LogP) is 6.39. The Labute approximate surface area is 235 Å². The quantitative estimate of drug-likeness (QED) is 0.161. The summed E-state index contributed by atoms with van der Waals surface area (Å²) in [5, 5.41) is 3.43. The van der Waals surface area contributed by atoms with Gasteiger partial charge in [-0.15, -0.1) is 0 Å². The van der Waals surface area contributed by atoms with Crippen LogP contribution in [-0.2, 0) is 19.5 Å². The van der Waals surface area contributed by atoms with E-state index < -0.39 is 0 Å². The molecule has 206 valence electrons. The molecule has 4 aromatic rings. The lowest BCUT2D eigenvalue weighted by Gasteiger charge is -2.30. The number of hydrogen-bond donors (Lipinski definition) is 3. The Morgan fingerprint density at radius 1 is 1.07 bits per heavy atom. The smallest absolute Gasteiger partial charge is 0.136 e. The second-order valence-corrected chi connectivity index (χ2v) is 10.3. The van der Waals surface area contributed by atoms with Crippen LogP contribution < -0.4 is 11.1 Å². The highest BCUT2D eigenvalue weighted by molar-refractivity contribution is 5.69. The number of nitrogen functional groups attached to an aromatic ring is 1. The number of nitrogens with one attached hydrogen (secondary N) is 2. The van der Waals surface area contributed by atoms with Crippen molar-refractivity contribution in [1.29, 1.82) is 0 Å². The molecule has 0 radical (unpaired) electrons. The molecule has 6 nitrogen and oxygen atoms in total. The van der Waals surface area contributed by atoms with Crippen LogP contribution in [-0.4, -0.2) is 32.9 Å². The Kier molecular flexibility index (Phi) is 8.71. The van der Waals surface area contributed by atoms with Gasteiger partial charge in [-0.1, -0.05) is 43.0 Å². The molecule has 0 spiro atoms. The normalized spacial score (nSPS) is 13.9. The van der Waals surface area contributed by atoms with Crippen molar-refractivity contribution in [3.63, 3.8) is 0 Å². The fraction of sp³-hybridized carbons (Fsp3) is 0.273. The minimum absolute atomic E-state index is 0.263. The number of likely N-dealkylation sites (tertiary alicyclic amines) is 1. The van der Waals surface area contributed by atoms with Crippen LogP contribution in [0.1, 0.15) is 53.2 Å². The van der Waals surface area contributed by atoms with Gasteiger partial charge in [0.25, 0.3) is 0 Å². The topological polar surface area (TPSA) is 82.9 Å².